The average molecular weight is 256 g/mol. The zero-order chi connectivity index (χ0) is 12.5. The largest absolute Gasteiger partial charge is 0.496 e. The van der Waals surface area contributed by atoms with E-state index in [1.165, 1.54) is 11.3 Å². The minimum absolute atomic E-state index is 0.499. The number of rotatable bonds is 3. The van der Waals surface area contributed by atoms with Crippen molar-refractivity contribution in [3.05, 3.63) is 34.8 Å². The van der Waals surface area contributed by atoms with Gasteiger partial charge in [-0.25, -0.2) is 4.98 Å². The van der Waals surface area contributed by atoms with Crippen LogP contribution in [0.3, 0.4) is 0 Å². The molecule has 2 aromatic rings. The van der Waals surface area contributed by atoms with Crippen molar-refractivity contribution >= 4 is 11.3 Å². The first-order valence-electron chi connectivity index (χ1n) is 5.87. The molecular weight excluding hydrogens is 244 g/mol. The molecule has 3 rings (SSSR count). The summed E-state index contributed by atoms with van der Waals surface area (Å²) in [6, 6.07) is 10.1. The van der Waals surface area contributed by atoms with Crippen LogP contribution in [0.5, 0.6) is 5.75 Å². The van der Waals surface area contributed by atoms with Crippen LogP contribution in [0.15, 0.2) is 24.3 Å². The van der Waals surface area contributed by atoms with Gasteiger partial charge in [-0.3, -0.25) is 0 Å². The summed E-state index contributed by atoms with van der Waals surface area (Å²) >= 11 is 1.46. The highest BCUT2D eigenvalue weighted by molar-refractivity contribution is 7.15. The van der Waals surface area contributed by atoms with E-state index in [1.54, 1.807) is 7.11 Å². The fourth-order valence-electron chi connectivity index (χ4n) is 1.98. The Morgan fingerprint density at radius 3 is 2.83 bits per heavy atom. The second kappa shape index (κ2) is 4.43. The molecule has 1 aliphatic carbocycles. The van der Waals surface area contributed by atoms with E-state index in [2.05, 4.69) is 11.1 Å². The van der Waals surface area contributed by atoms with E-state index in [9.17, 15) is 5.26 Å². The Bertz CT molecular complexity index is 623. The number of hydrogen-bond acceptors (Lipinski definition) is 4. The Kier molecular flexibility index (Phi) is 2.77. The maximum atomic E-state index is 9.17. The van der Waals surface area contributed by atoms with Gasteiger partial charge in [-0.2, -0.15) is 5.26 Å². The zero-order valence-corrected chi connectivity index (χ0v) is 10.8. The number of thiazole rings is 1. The van der Waals surface area contributed by atoms with Crippen LogP contribution in [0.4, 0.5) is 0 Å². The smallest absolute Gasteiger partial charge is 0.129 e. The summed E-state index contributed by atoms with van der Waals surface area (Å²) in [4.78, 5) is 5.39. The zero-order valence-electron chi connectivity index (χ0n) is 10.0. The van der Waals surface area contributed by atoms with Gasteiger partial charge >= 0.3 is 0 Å². The molecule has 4 heteroatoms. The molecule has 1 aromatic heterocycles. The number of methoxy groups -OCH3 is 1. The summed E-state index contributed by atoms with van der Waals surface area (Å²) in [7, 11) is 1.65. The molecule has 1 saturated carbocycles. The predicted octanol–water partition coefficient (Wildman–Crippen LogP) is 3.57. The van der Waals surface area contributed by atoms with Gasteiger partial charge in [0.25, 0.3) is 0 Å². The fourth-order valence-corrected chi connectivity index (χ4v) is 2.96. The third kappa shape index (κ3) is 1.87. The molecule has 0 bridgehead atoms. The van der Waals surface area contributed by atoms with Crippen LogP contribution in [0.1, 0.15) is 29.3 Å². The normalized spacial score (nSPS) is 14.2. The van der Waals surface area contributed by atoms with Gasteiger partial charge < -0.3 is 4.74 Å². The van der Waals surface area contributed by atoms with Crippen LogP contribution in [-0.4, -0.2) is 12.1 Å². The van der Waals surface area contributed by atoms with Crippen LogP contribution in [0.2, 0.25) is 0 Å². The monoisotopic (exact) mass is 256 g/mol. The lowest BCUT2D eigenvalue weighted by atomic mass is 10.2. The SMILES string of the molecule is COc1ccccc1-c1nc(C2CC2)c(C#N)s1. The van der Waals surface area contributed by atoms with Crippen LogP contribution in [0, 0.1) is 11.3 Å². The summed E-state index contributed by atoms with van der Waals surface area (Å²) in [5.41, 5.74) is 1.94. The first-order chi connectivity index (χ1) is 8.83. The Labute approximate surface area is 110 Å². The third-order valence-electron chi connectivity index (χ3n) is 3.06. The van der Waals surface area contributed by atoms with Crippen LogP contribution in [-0.2, 0) is 0 Å². The van der Waals surface area contributed by atoms with E-state index >= 15 is 0 Å². The molecule has 1 heterocycles. The highest BCUT2D eigenvalue weighted by Gasteiger charge is 2.30. The van der Waals surface area contributed by atoms with Crippen molar-refractivity contribution in [1.82, 2.24) is 4.98 Å². The van der Waals surface area contributed by atoms with E-state index in [-0.39, 0.29) is 0 Å². The van der Waals surface area contributed by atoms with Crippen molar-refractivity contribution in [2.24, 2.45) is 0 Å². The summed E-state index contributed by atoms with van der Waals surface area (Å²) in [5, 5.41) is 10.1. The third-order valence-corrected chi connectivity index (χ3v) is 4.07. The molecule has 0 unspecified atom stereocenters. The molecule has 0 aliphatic heterocycles. The number of ether oxygens (including phenoxy) is 1. The van der Waals surface area contributed by atoms with Crippen molar-refractivity contribution in [1.29, 1.82) is 5.26 Å². The van der Waals surface area contributed by atoms with Crippen LogP contribution in [0.25, 0.3) is 10.6 Å². The van der Waals surface area contributed by atoms with Crippen molar-refractivity contribution in [3.63, 3.8) is 0 Å². The molecule has 0 saturated heterocycles. The van der Waals surface area contributed by atoms with Gasteiger partial charge in [0.1, 0.15) is 21.7 Å². The molecule has 0 N–H and O–H groups in total. The second-order valence-electron chi connectivity index (χ2n) is 4.32. The number of hydrogen-bond donors (Lipinski definition) is 0. The quantitative estimate of drug-likeness (QED) is 0.843. The molecule has 1 aromatic carbocycles. The molecule has 0 spiro atoms. The molecule has 0 amide bonds. The topological polar surface area (TPSA) is 45.9 Å². The van der Waals surface area contributed by atoms with Crippen molar-refractivity contribution in [2.75, 3.05) is 7.11 Å². The van der Waals surface area contributed by atoms with Crippen molar-refractivity contribution in [2.45, 2.75) is 18.8 Å². The highest BCUT2D eigenvalue weighted by Crippen LogP contribution is 2.44. The lowest BCUT2D eigenvalue weighted by Gasteiger charge is -2.04. The van der Waals surface area contributed by atoms with Crippen molar-refractivity contribution in [3.8, 4) is 22.4 Å². The highest BCUT2D eigenvalue weighted by atomic mass is 32.1. The summed E-state index contributed by atoms with van der Waals surface area (Å²) < 4.78 is 5.34. The van der Waals surface area contributed by atoms with E-state index in [0.29, 0.717) is 5.92 Å². The minimum atomic E-state index is 0.499. The van der Waals surface area contributed by atoms with Crippen molar-refractivity contribution < 1.29 is 4.74 Å². The standard InChI is InChI=1S/C14H12N2OS/c1-17-11-5-3-2-4-10(11)14-16-13(9-6-7-9)12(8-15)18-14/h2-5,9H,6-7H2,1H3. The van der Waals surface area contributed by atoms with E-state index in [0.717, 1.165) is 39.7 Å². The van der Waals surface area contributed by atoms with Gasteiger partial charge in [0.15, 0.2) is 0 Å². The van der Waals surface area contributed by atoms with Gasteiger partial charge in [-0.05, 0) is 25.0 Å². The number of aromatic nitrogens is 1. The predicted molar refractivity (Wildman–Crippen MR) is 70.8 cm³/mol. The molecular formula is C14H12N2OS. The van der Waals surface area contributed by atoms with Gasteiger partial charge in [0.2, 0.25) is 0 Å². The van der Waals surface area contributed by atoms with Gasteiger partial charge in [0.05, 0.1) is 18.4 Å². The Balaban J connectivity index is 2.09. The minimum Gasteiger partial charge on any atom is -0.496 e. The first-order valence-corrected chi connectivity index (χ1v) is 6.69. The number of benzene rings is 1. The van der Waals surface area contributed by atoms with Crippen LogP contribution < -0.4 is 4.74 Å². The summed E-state index contributed by atoms with van der Waals surface area (Å²) in [6.45, 7) is 0. The fraction of sp³-hybridized carbons (Fsp3) is 0.286. The number of nitrogens with zero attached hydrogens (tertiary/aromatic N) is 2. The molecule has 1 aliphatic rings. The van der Waals surface area contributed by atoms with E-state index < -0.39 is 0 Å². The van der Waals surface area contributed by atoms with Gasteiger partial charge in [0, 0.05) is 5.92 Å². The van der Waals surface area contributed by atoms with E-state index in [1.807, 2.05) is 24.3 Å². The molecule has 90 valence electrons. The first kappa shape index (κ1) is 11.2. The van der Waals surface area contributed by atoms with Gasteiger partial charge in [-0.15, -0.1) is 11.3 Å². The maximum absolute atomic E-state index is 9.17. The lowest BCUT2D eigenvalue weighted by molar-refractivity contribution is 0.416. The van der Waals surface area contributed by atoms with E-state index in [4.69, 9.17) is 4.74 Å². The average Bonchev–Trinajstić information content (AvgIpc) is 3.18. The molecule has 0 atom stereocenters. The maximum Gasteiger partial charge on any atom is 0.129 e. The van der Waals surface area contributed by atoms with Crippen LogP contribution >= 0.6 is 11.3 Å². The number of para-hydroxylation sites is 1. The Morgan fingerprint density at radius 2 is 2.17 bits per heavy atom. The second-order valence-corrected chi connectivity index (χ2v) is 5.32. The lowest BCUT2D eigenvalue weighted by Crippen LogP contribution is -1.87. The molecule has 1 fully saturated rings. The molecule has 3 nitrogen and oxygen atoms in total. The summed E-state index contributed by atoms with van der Waals surface area (Å²) in [5.74, 6) is 1.30. The molecule has 18 heavy (non-hydrogen) atoms. The molecule has 0 radical (unpaired) electrons. The Hall–Kier alpha value is -1.86. The Morgan fingerprint density at radius 1 is 1.39 bits per heavy atom. The number of nitriles is 1. The summed E-state index contributed by atoms with van der Waals surface area (Å²) in [6.07, 6.45) is 2.31. The van der Waals surface area contributed by atoms with Gasteiger partial charge in [-0.1, -0.05) is 12.1 Å².